The zero-order valence-corrected chi connectivity index (χ0v) is 6.40. The quantitative estimate of drug-likeness (QED) is 0.598. The molecule has 0 aliphatic rings. The molecule has 0 radical (unpaired) electrons. The summed E-state index contributed by atoms with van der Waals surface area (Å²) < 4.78 is 0. The predicted molar refractivity (Wildman–Crippen MR) is 47.4 cm³/mol. The highest BCUT2D eigenvalue weighted by molar-refractivity contribution is 5.85. The molecule has 2 heteroatoms. The Morgan fingerprint density at radius 1 is 1.10 bits per heavy atom. The van der Waals surface area contributed by atoms with Crippen molar-refractivity contribution in [3.63, 3.8) is 0 Å². The minimum absolute atomic E-state index is 0. The number of halogens is 1. The molecule has 0 aliphatic heterocycles. The van der Waals surface area contributed by atoms with Gasteiger partial charge in [0.25, 0.3) is 0 Å². The standard InChI is InChI=1S/C8H8.ClH.H2O/c1-2-8-6-4-3-5-7-8;;/h2-7H,1H2;1H;1H2. The van der Waals surface area contributed by atoms with Crippen LogP contribution < -0.4 is 0 Å². The summed E-state index contributed by atoms with van der Waals surface area (Å²) in [7, 11) is 0. The van der Waals surface area contributed by atoms with Crippen LogP contribution in [0.2, 0.25) is 0 Å². The fourth-order valence-electron chi connectivity index (χ4n) is 0.589. The average Bonchev–Trinajstić information content (AvgIpc) is 1.90. The maximum atomic E-state index is 3.63. The van der Waals surface area contributed by atoms with Crippen molar-refractivity contribution in [3.8, 4) is 0 Å². The maximum absolute atomic E-state index is 3.63. The Kier molecular flexibility index (Phi) is 7.56. The summed E-state index contributed by atoms with van der Waals surface area (Å²) in [6, 6.07) is 10.0. The molecule has 1 aromatic rings. The van der Waals surface area contributed by atoms with Crippen LogP contribution >= 0.6 is 12.4 Å². The molecule has 0 saturated heterocycles. The monoisotopic (exact) mass is 158 g/mol. The lowest BCUT2D eigenvalue weighted by Crippen LogP contribution is -1.63. The zero-order chi connectivity index (χ0) is 5.82. The van der Waals surface area contributed by atoms with Crippen molar-refractivity contribution in [1.82, 2.24) is 0 Å². The van der Waals surface area contributed by atoms with Crippen LogP contribution in [-0.2, 0) is 0 Å². The molecule has 0 saturated carbocycles. The predicted octanol–water partition coefficient (Wildman–Crippen LogP) is 1.93. The van der Waals surface area contributed by atoms with Crippen LogP contribution in [-0.4, -0.2) is 5.48 Å². The first kappa shape index (κ1) is 11.9. The van der Waals surface area contributed by atoms with Crippen molar-refractivity contribution in [3.05, 3.63) is 42.5 Å². The number of rotatable bonds is 1. The Labute approximate surface area is 67.1 Å². The van der Waals surface area contributed by atoms with Gasteiger partial charge < -0.3 is 5.48 Å². The molecule has 0 fully saturated rings. The molecule has 56 valence electrons. The molecule has 0 unspecified atom stereocenters. The molecule has 0 amide bonds. The van der Waals surface area contributed by atoms with Gasteiger partial charge in [-0.2, -0.15) is 0 Å². The van der Waals surface area contributed by atoms with E-state index in [9.17, 15) is 0 Å². The van der Waals surface area contributed by atoms with Crippen molar-refractivity contribution < 1.29 is 5.48 Å². The van der Waals surface area contributed by atoms with E-state index in [-0.39, 0.29) is 17.9 Å². The number of benzene rings is 1. The van der Waals surface area contributed by atoms with Crippen LogP contribution in [0.3, 0.4) is 0 Å². The molecule has 1 rings (SSSR count). The van der Waals surface area contributed by atoms with Gasteiger partial charge in [-0.1, -0.05) is 43.0 Å². The molecule has 0 atom stereocenters. The SMILES string of the molecule is C=Cc1ccccc1.Cl.O. The van der Waals surface area contributed by atoms with E-state index >= 15 is 0 Å². The van der Waals surface area contributed by atoms with Gasteiger partial charge in [-0.3, -0.25) is 0 Å². The molecular weight excluding hydrogens is 148 g/mol. The van der Waals surface area contributed by atoms with Crippen LogP contribution in [0.5, 0.6) is 0 Å². The summed E-state index contributed by atoms with van der Waals surface area (Å²) in [6.45, 7) is 3.63. The van der Waals surface area contributed by atoms with Gasteiger partial charge in [0.15, 0.2) is 0 Å². The van der Waals surface area contributed by atoms with Gasteiger partial charge in [0.2, 0.25) is 0 Å². The second-order valence-corrected chi connectivity index (χ2v) is 1.61. The highest BCUT2D eigenvalue weighted by Gasteiger charge is 1.75. The lowest BCUT2D eigenvalue weighted by Gasteiger charge is -1.85. The van der Waals surface area contributed by atoms with Crippen LogP contribution in [0.1, 0.15) is 5.56 Å². The zero-order valence-electron chi connectivity index (χ0n) is 5.58. The third-order valence-corrected chi connectivity index (χ3v) is 1.04. The highest BCUT2D eigenvalue weighted by Crippen LogP contribution is 1.97. The summed E-state index contributed by atoms with van der Waals surface area (Å²) in [5, 5.41) is 0. The van der Waals surface area contributed by atoms with E-state index in [1.165, 1.54) is 5.56 Å². The Hall–Kier alpha value is -0.790. The van der Waals surface area contributed by atoms with Crippen molar-refractivity contribution >= 4 is 18.5 Å². The first-order chi connectivity index (χ1) is 3.93. The van der Waals surface area contributed by atoms with E-state index in [0.717, 1.165) is 0 Å². The largest absolute Gasteiger partial charge is 0.412 e. The second-order valence-electron chi connectivity index (χ2n) is 1.61. The molecule has 2 N–H and O–H groups in total. The van der Waals surface area contributed by atoms with E-state index < -0.39 is 0 Å². The lowest BCUT2D eigenvalue weighted by molar-refractivity contribution is 0.824. The summed E-state index contributed by atoms with van der Waals surface area (Å²) >= 11 is 0. The summed E-state index contributed by atoms with van der Waals surface area (Å²) in [4.78, 5) is 0. The van der Waals surface area contributed by atoms with Gasteiger partial charge in [0.05, 0.1) is 0 Å². The minimum atomic E-state index is 0. The molecular formula is C8H11ClO. The Bertz CT molecular complexity index is 172. The normalized spacial score (nSPS) is 6.80. The van der Waals surface area contributed by atoms with Crippen molar-refractivity contribution in [1.29, 1.82) is 0 Å². The third kappa shape index (κ3) is 3.28. The van der Waals surface area contributed by atoms with Gasteiger partial charge in [-0.25, -0.2) is 0 Å². The lowest BCUT2D eigenvalue weighted by atomic mass is 10.2. The molecule has 10 heavy (non-hydrogen) atoms. The topological polar surface area (TPSA) is 31.5 Å². The van der Waals surface area contributed by atoms with Crippen LogP contribution in [0, 0.1) is 0 Å². The summed E-state index contributed by atoms with van der Waals surface area (Å²) in [5.74, 6) is 0. The summed E-state index contributed by atoms with van der Waals surface area (Å²) in [5.41, 5.74) is 1.17. The van der Waals surface area contributed by atoms with Crippen LogP contribution in [0.15, 0.2) is 36.9 Å². The van der Waals surface area contributed by atoms with E-state index in [0.29, 0.717) is 0 Å². The smallest absolute Gasteiger partial charge is 0.0263 e. The molecule has 0 bridgehead atoms. The molecule has 1 aromatic carbocycles. The average molecular weight is 159 g/mol. The second kappa shape index (κ2) is 6.33. The van der Waals surface area contributed by atoms with E-state index in [2.05, 4.69) is 6.58 Å². The number of hydrogen-bond donors (Lipinski definition) is 0. The molecule has 0 aromatic heterocycles. The molecule has 0 spiro atoms. The molecule has 0 aliphatic carbocycles. The van der Waals surface area contributed by atoms with Gasteiger partial charge in [-0.05, 0) is 5.56 Å². The fraction of sp³-hybridized carbons (Fsp3) is 0. The van der Waals surface area contributed by atoms with Gasteiger partial charge in [0.1, 0.15) is 0 Å². The van der Waals surface area contributed by atoms with Crippen LogP contribution in [0.25, 0.3) is 6.08 Å². The Morgan fingerprint density at radius 2 is 1.60 bits per heavy atom. The van der Waals surface area contributed by atoms with Gasteiger partial charge in [-0.15, -0.1) is 12.4 Å². The summed E-state index contributed by atoms with van der Waals surface area (Å²) in [6.07, 6.45) is 1.83. The number of hydrogen-bond acceptors (Lipinski definition) is 0. The Balaban J connectivity index is 0. The van der Waals surface area contributed by atoms with Gasteiger partial charge in [0, 0.05) is 0 Å². The fourth-order valence-corrected chi connectivity index (χ4v) is 0.589. The van der Waals surface area contributed by atoms with Crippen molar-refractivity contribution in [2.45, 2.75) is 0 Å². The minimum Gasteiger partial charge on any atom is -0.412 e. The highest BCUT2D eigenvalue weighted by atomic mass is 35.5. The van der Waals surface area contributed by atoms with Crippen molar-refractivity contribution in [2.75, 3.05) is 0 Å². The molecule has 1 nitrogen and oxygen atoms in total. The van der Waals surface area contributed by atoms with E-state index in [1.54, 1.807) is 0 Å². The van der Waals surface area contributed by atoms with Gasteiger partial charge >= 0.3 is 0 Å². The van der Waals surface area contributed by atoms with Crippen LogP contribution in [0.4, 0.5) is 0 Å². The Morgan fingerprint density at radius 3 is 1.90 bits per heavy atom. The molecule has 0 heterocycles. The van der Waals surface area contributed by atoms with Crippen molar-refractivity contribution in [2.24, 2.45) is 0 Å². The third-order valence-electron chi connectivity index (χ3n) is 1.04. The first-order valence-corrected chi connectivity index (χ1v) is 2.61. The van der Waals surface area contributed by atoms with E-state index in [1.807, 2.05) is 36.4 Å². The maximum Gasteiger partial charge on any atom is -0.0263 e. The first-order valence-electron chi connectivity index (χ1n) is 2.61. The van der Waals surface area contributed by atoms with E-state index in [4.69, 9.17) is 0 Å².